The third-order valence-corrected chi connectivity index (χ3v) is 2.41. The Balaban J connectivity index is 2.57. The van der Waals surface area contributed by atoms with E-state index < -0.39 is 0 Å². The fourth-order valence-electron chi connectivity index (χ4n) is 1.21. The molecule has 0 aromatic heterocycles. The molecule has 0 saturated heterocycles. The largest absolute Gasteiger partial charge is 0.428 e. The monoisotopic (exact) mass is 192 g/mol. The van der Waals surface area contributed by atoms with Crippen molar-refractivity contribution in [3.63, 3.8) is 0 Å². The van der Waals surface area contributed by atoms with Crippen LogP contribution in [0.1, 0.15) is 18.9 Å². The van der Waals surface area contributed by atoms with Crippen LogP contribution in [0.3, 0.4) is 0 Å². The summed E-state index contributed by atoms with van der Waals surface area (Å²) in [5.74, 6) is 0. The van der Waals surface area contributed by atoms with Crippen LogP contribution in [0, 0.1) is 0 Å². The number of allylic oxidation sites excluding steroid dienone is 1. The lowest BCUT2D eigenvalue weighted by Crippen LogP contribution is -1.87. The molecule has 0 aliphatic heterocycles. The molecule has 2 heteroatoms. The van der Waals surface area contributed by atoms with Crippen molar-refractivity contribution >= 4 is 16.1 Å². The summed E-state index contributed by atoms with van der Waals surface area (Å²) in [6, 6.07) is 10.4. The van der Waals surface area contributed by atoms with Crippen LogP contribution >= 0.6 is 0 Å². The van der Waals surface area contributed by atoms with Crippen molar-refractivity contribution in [3.8, 4) is 0 Å². The first kappa shape index (κ1) is 10.2. The molecule has 70 valence electrons. The van der Waals surface area contributed by atoms with Crippen LogP contribution < -0.4 is 0 Å². The molecule has 0 atom stereocenters. The predicted molar refractivity (Wildman–Crippen MR) is 60.6 cm³/mol. The highest BCUT2D eigenvalue weighted by molar-refractivity contribution is 5.97. The van der Waals surface area contributed by atoms with Gasteiger partial charge in [0.1, 0.15) is 10.5 Å². The second-order valence-corrected chi connectivity index (χ2v) is 3.61. The first-order valence-corrected chi connectivity index (χ1v) is 5.37. The van der Waals surface area contributed by atoms with Crippen LogP contribution in [0.4, 0.5) is 0 Å². The zero-order valence-electron chi connectivity index (χ0n) is 8.29. The highest BCUT2D eigenvalue weighted by Gasteiger charge is 1.91. The van der Waals surface area contributed by atoms with Gasteiger partial charge in [0, 0.05) is 6.61 Å². The minimum absolute atomic E-state index is 0.840. The van der Waals surface area contributed by atoms with Gasteiger partial charge in [-0.3, -0.25) is 0 Å². The lowest BCUT2D eigenvalue weighted by molar-refractivity contribution is 0.358. The minimum Gasteiger partial charge on any atom is -0.428 e. The van der Waals surface area contributed by atoms with E-state index in [9.17, 15) is 0 Å². The molecule has 0 bridgehead atoms. The van der Waals surface area contributed by atoms with Crippen molar-refractivity contribution in [2.75, 3.05) is 6.61 Å². The van der Waals surface area contributed by atoms with Gasteiger partial charge in [-0.1, -0.05) is 36.4 Å². The second-order valence-electron chi connectivity index (χ2n) is 3.03. The van der Waals surface area contributed by atoms with Crippen molar-refractivity contribution in [1.29, 1.82) is 0 Å². The highest BCUT2D eigenvalue weighted by Crippen LogP contribution is 2.12. The Morgan fingerprint density at radius 1 is 1.38 bits per heavy atom. The Kier molecular flexibility index (Phi) is 4.50. The van der Waals surface area contributed by atoms with Gasteiger partial charge >= 0.3 is 0 Å². The van der Waals surface area contributed by atoms with Crippen LogP contribution in [0.2, 0.25) is 0 Å². The lowest BCUT2D eigenvalue weighted by Gasteiger charge is -2.00. The molecule has 13 heavy (non-hydrogen) atoms. The Morgan fingerprint density at radius 2 is 2.08 bits per heavy atom. The van der Waals surface area contributed by atoms with E-state index in [4.69, 9.17) is 4.43 Å². The van der Waals surface area contributed by atoms with Gasteiger partial charge in [0.05, 0.1) is 0 Å². The molecule has 0 aliphatic rings. The van der Waals surface area contributed by atoms with Gasteiger partial charge in [-0.25, -0.2) is 0 Å². The zero-order chi connectivity index (χ0) is 9.52. The number of hydrogen-bond acceptors (Lipinski definition) is 1. The van der Waals surface area contributed by atoms with Crippen molar-refractivity contribution in [3.05, 3.63) is 42.0 Å². The molecule has 1 rings (SSSR count). The second kappa shape index (κ2) is 5.73. The Bertz CT molecular complexity index is 267. The molecule has 0 unspecified atom stereocenters. The molecular weight excluding hydrogens is 176 g/mol. The average Bonchev–Trinajstić information content (AvgIpc) is 2.19. The molecule has 0 heterocycles. The topological polar surface area (TPSA) is 9.23 Å². The fraction of sp³-hybridized carbons (Fsp3) is 0.273. The van der Waals surface area contributed by atoms with Crippen molar-refractivity contribution in [2.24, 2.45) is 0 Å². The third kappa shape index (κ3) is 3.57. The van der Waals surface area contributed by atoms with Crippen LogP contribution in [0.5, 0.6) is 0 Å². The molecular formula is C11H16OSi. The summed E-state index contributed by atoms with van der Waals surface area (Å²) < 4.78 is 5.12. The molecule has 0 saturated carbocycles. The van der Waals surface area contributed by atoms with E-state index in [-0.39, 0.29) is 0 Å². The molecule has 0 aliphatic carbocycles. The van der Waals surface area contributed by atoms with Gasteiger partial charge in [0.25, 0.3) is 0 Å². The quantitative estimate of drug-likeness (QED) is 0.522. The molecule has 0 fully saturated rings. The maximum atomic E-state index is 5.12. The molecule has 0 amide bonds. The molecule has 0 spiro atoms. The Morgan fingerprint density at radius 3 is 2.69 bits per heavy atom. The smallest absolute Gasteiger partial charge is 0.145 e. The van der Waals surface area contributed by atoms with Gasteiger partial charge in [-0.2, -0.15) is 0 Å². The fourth-order valence-corrected chi connectivity index (χ4v) is 1.45. The lowest BCUT2D eigenvalue weighted by atomic mass is 10.1. The summed E-state index contributed by atoms with van der Waals surface area (Å²) in [5, 5.41) is 0. The summed E-state index contributed by atoms with van der Waals surface area (Å²) in [5.41, 5.74) is 2.63. The van der Waals surface area contributed by atoms with E-state index in [0.717, 1.165) is 23.5 Å². The summed E-state index contributed by atoms with van der Waals surface area (Å²) in [6.45, 7) is 3.00. The van der Waals surface area contributed by atoms with E-state index in [1.54, 1.807) is 0 Å². The summed E-state index contributed by atoms with van der Waals surface area (Å²) in [4.78, 5) is 0. The van der Waals surface area contributed by atoms with Crippen LogP contribution in [0.15, 0.2) is 36.4 Å². The molecule has 0 radical (unpaired) electrons. The summed E-state index contributed by atoms with van der Waals surface area (Å²) in [6.07, 6.45) is 3.25. The number of rotatable bonds is 4. The summed E-state index contributed by atoms with van der Waals surface area (Å²) in [7, 11) is 0.840. The van der Waals surface area contributed by atoms with Crippen molar-refractivity contribution in [2.45, 2.75) is 13.3 Å². The van der Waals surface area contributed by atoms with Crippen molar-refractivity contribution < 1.29 is 4.43 Å². The molecule has 1 aromatic carbocycles. The SMILES string of the molecule is CC(=CCCO[SiH3])c1ccccc1. The van der Waals surface area contributed by atoms with Gasteiger partial charge in [-0.15, -0.1) is 0 Å². The number of benzene rings is 1. The van der Waals surface area contributed by atoms with Crippen LogP contribution in [-0.2, 0) is 4.43 Å². The maximum absolute atomic E-state index is 5.12. The van der Waals surface area contributed by atoms with E-state index in [2.05, 4.69) is 37.3 Å². The average molecular weight is 192 g/mol. The third-order valence-electron chi connectivity index (χ3n) is 2.00. The Labute approximate surface area is 83.0 Å². The number of hydrogen-bond donors (Lipinski definition) is 0. The molecule has 1 nitrogen and oxygen atoms in total. The van der Waals surface area contributed by atoms with Gasteiger partial charge in [0.2, 0.25) is 0 Å². The van der Waals surface area contributed by atoms with E-state index in [1.165, 1.54) is 11.1 Å². The zero-order valence-corrected chi connectivity index (χ0v) is 10.3. The van der Waals surface area contributed by atoms with E-state index >= 15 is 0 Å². The standard InChI is InChI=1S/C11H16OSi/c1-10(6-5-9-12-13)11-7-3-2-4-8-11/h2-4,6-8H,5,9H2,1,13H3. The van der Waals surface area contributed by atoms with Crippen molar-refractivity contribution in [1.82, 2.24) is 0 Å². The first-order chi connectivity index (χ1) is 6.34. The highest BCUT2D eigenvalue weighted by atomic mass is 28.2. The normalized spacial score (nSPS) is 11.9. The van der Waals surface area contributed by atoms with Gasteiger partial charge < -0.3 is 4.43 Å². The van der Waals surface area contributed by atoms with Gasteiger partial charge in [-0.05, 0) is 24.5 Å². The first-order valence-electron chi connectivity index (χ1n) is 4.55. The van der Waals surface area contributed by atoms with E-state index in [1.807, 2.05) is 6.07 Å². The molecule has 1 aromatic rings. The van der Waals surface area contributed by atoms with Crippen LogP contribution in [0.25, 0.3) is 5.57 Å². The van der Waals surface area contributed by atoms with Gasteiger partial charge in [0.15, 0.2) is 0 Å². The maximum Gasteiger partial charge on any atom is 0.145 e. The predicted octanol–water partition coefficient (Wildman–Crippen LogP) is 1.78. The van der Waals surface area contributed by atoms with E-state index in [0.29, 0.717) is 0 Å². The minimum atomic E-state index is 0.840. The Hall–Kier alpha value is -0.863. The molecule has 0 N–H and O–H groups in total. The van der Waals surface area contributed by atoms with Crippen LogP contribution in [-0.4, -0.2) is 17.1 Å². The summed E-state index contributed by atoms with van der Waals surface area (Å²) >= 11 is 0.